The number of hydrogen-bond acceptors (Lipinski definition) is 4. The number of carbonyl (C=O) groups is 1. The Morgan fingerprint density at radius 2 is 2.16 bits per heavy atom. The lowest BCUT2D eigenvalue weighted by Crippen LogP contribution is -2.24. The van der Waals surface area contributed by atoms with Gasteiger partial charge in [-0.3, -0.25) is 4.79 Å². The molecule has 1 aromatic rings. The molecule has 106 valence electrons. The number of rotatable bonds is 8. The Balaban J connectivity index is 2.39. The van der Waals surface area contributed by atoms with Crippen LogP contribution in [0, 0.1) is 0 Å². The average Bonchev–Trinajstić information content (AvgIpc) is 2.41. The molecule has 0 aromatic carbocycles. The first-order chi connectivity index (χ1) is 9.17. The molecule has 0 spiro atoms. The van der Waals surface area contributed by atoms with Crippen LogP contribution in [-0.4, -0.2) is 29.4 Å². The Bertz CT molecular complexity index is 410. The largest absolute Gasteiger partial charge is 0.384 e. The summed E-state index contributed by atoms with van der Waals surface area (Å²) in [5.41, 5.74) is 7.15. The minimum Gasteiger partial charge on any atom is -0.384 e. The van der Waals surface area contributed by atoms with Gasteiger partial charge in [-0.15, -0.1) is 0 Å². The van der Waals surface area contributed by atoms with Crippen LogP contribution in [0.25, 0.3) is 0 Å². The number of aromatic nitrogens is 1. The van der Waals surface area contributed by atoms with E-state index in [0.29, 0.717) is 11.4 Å². The number of unbranched alkanes of at least 4 members (excludes halogenated alkanes) is 2. The summed E-state index contributed by atoms with van der Waals surface area (Å²) >= 11 is 1.86. The number of nitrogens with zero attached hydrogens (tertiary/aromatic N) is 1. The first-order valence-electron chi connectivity index (χ1n) is 6.71. The second kappa shape index (κ2) is 8.80. The molecule has 1 aromatic heterocycles. The highest BCUT2D eigenvalue weighted by molar-refractivity contribution is 7.98. The van der Waals surface area contributed by atoms with Gasteiger partial charge in [-0.1, -0.05) is 13.3 Å². The van der Waals surface area contributed by atoms with Gasteiger partial charge in [0.15, 0.2) is 0 Å². The second-order valence-electron chi connectivity index (χ2n) is 4.43. The number of thioether (sulfide) groups is 1. The third kappa shape index (κ3) is 5.96. The predicted octanol–water partition coefficient (Wildman–Crippen LogP) is 2.49. The van der Waals surface area contributed by atoms with Crippen molar-refractivity contribution in [1.29, 1.82) is 0 Å². The Morgan fingerprint density at radius 1 is 1.37 bits per heavy atom. The normalized spacial score (nSPS) is 10.4. The zero-order valence-corrected chi connectivity index (χ0v) is 12.6. The topological polar surface area (TPSA) is 68.0 Å². The molecule has 1 rings (SSSR count). The molecule has 0 atom stereocenters. The van der Waals surface area contributed by atoms with Crippen molar-refractivity contribution in [1.82, 2.24) is 10.3 Å². The van der Waals surface area contributed by atoms with E-state index in [2.05, 4.69) is 16.6 Å². The number of nitrogens with one attached hydrogen (secondary N) is 1. The summed E-state index contributed by atoms with van der Waals surface area (Å²) in [5.74, 6) is 1.53. The summed E-state index contributed by atoms with van der Waals surface area (Å²) < 4.78 is 0. The molecule has 19 heavy (non-hydrogen) atoms. The van der Waals surface area contributed by atoms with Crippen LogP contribution in [-0.2, 0) is 6.42 Å². The lowest BCUT2D eigenvalue weighted by Gasteiger charge is -2.07. The SMILES string of the molecule is CCc1cc(C(=O)NCCCCCSC)cc(N)n1. The van der Waals surface area contributed by atoms with Crippen LogP contribution >= 0.6 is 11.8 Å². The Hall–Kier alpha value is -1.23. The molecule has 0 radical (unpaired) electrons. The smallest absolute Gasteiger partial charge is 0.251 e. The number of pyridine rings is 1. The van der Waals surface area contributed by atoms with Crippen LogP contribution in [0.3, 0.4) is 0 Å². The molecule has 5 heteroatoms. The highest BCUT2D eigenvalue weighted by Crippen LogP contribution is 2.08. The van der Waals surface area contributed by atoms with Gasteiger partial charge in [0, 0.05) is 17.8 Å². The molecule has 0 aliphatic rings. The summed E-state index contributed by atoms with van der Waals surface area (Å²) in [4.78, 5) is 16.1. The van der Waals surface area contributed by atoms with Crippen LogP contribution < -0.4 is 11.1 Å². The van der Waals surface area contributed by atoms with Crippen LogP contribution in [0.2, 0.25) is 0 Å². The van der Waals surface area contributed by atoms with Crippen LogP contribution in [0.15, 0.2) is 12.1 Å². The minimum atomic E-state index is -0.0614. The van der Waals surface area contributed by atoms with Gasteiger partial charge in [-0.2, -0.15) is 11.8 Å². The maximum Gasteiger partial charge on any atom is 0.251 e. The standard InChI is InChI=1S/C14H23N3OS/c1-3-12-9-11(10-13(15)17-12)14(18)16-7-5-4-6-8-19-2/h9-10H,3-8H2,1-2H3,(H2,15,17)(H,16,18). The first-order valence-corrected chi connectivity index (χ1v) is 8.10. The molecular formula is C14H23N3OS. The number of hydrogen-bond donors (Lipinski definition) is 2. The number of amides is 1. The van der Waals surface area contributed by atoms with E-state index in [1.807, 2.05) is 18.7 Å². The van der Waals surface area contributed by atoms with E-state index in [1.54, 1.807) is 12.1 Å². The maximum absolute atomic E-state index is 12.0. The first kappa shape index (κ1) is 15.8. The van der Waals surface area contributed by atoms with E-state index in [4.69, 9.17) is 5.73 Å². The van der Waals surface area contributed by atoms with Gasteiger partial charge in [-0.25, -0.2) is 4.98 Å². The molecule has 0 aliphatic carbocycles. The lowest BCUT2D eigenvalue weighted by molar-refractivity contribution is 0.0953. The quantitative estimate of drug-likeness (QED) is 0.718. The van der Waals surface area contributed by atoms with E-state index < -0.39 is 0 Å². The van der Waals surface area contributed by atoms with Gasteiger partial charge in [0.1, 0.15) is 5.82 Å². The van der Waals surface area contributed by atoms with Crippen molar-refractivity contribution in [3.05, 3.63) is 23.4 Å². The molecule has 0 bridgehead atoms. The van der Waals surface area contributed by atoms with Gasteiger partial charge >= 0.3 is 0 Å². The Morgan fingerprint density at radius 3 is 2.84 bits per heavy atom. The van der Waals surface area contributed by atoms with E-state index in [-0.39, 0.29) is 5.91 Å². The van der Waals surface area contributed by atoms with E-state index in [1.165, 1.54) is 12.2 Å². The zero-order chi connectivity index (χ0) is 14.1. The molecular weight excluding hydrogens is 258 g/mol. The van der Waals surface area contributed by atoms with Crippen molar-refractivity contribution in [3.8, 4) is 0 Å². The third-order valence-corrected chi connectivity index (χ3v) is 3.53. The second-order valence-corrected chi connectivity index (χ2v) is 5.42. The van der Waals surface area contributed by atoms with Gasteiger partial charge in [-0.05, 0) is 43.4 Å². The summed E-state index contributed by atoms with van der Waals surface area (Å²) in [6.45, 7) is 2.71. The highest BCUT2D eigenvalue weighted by Gasteiger charge is 2.07. The van der Waals surface area contributed by atoms with Gasteiger partial charge in [0.05, 0.1) is 0 Å². The Labute approximate surface area is 119 Å². The van der Waals surface area contributed by atoms with Crippen molar-refractivity contribution < 1.29 is 4.79 Å². The number of anilines is 1. The lowest BCUT2D eigenvalue weighted by atomic mass is 10.1. The van der Waals surface area contributed by atoms with Crippen molar-refractivity contribution in [2.24, 2.45) is 0 Å². The number of nitrogens with two attached hydrogens (primary N) is 1. The van der Waals surface area contributed by atoms with Gasteiger partial charge in [0.2, 0.25) is 0 Å². The van der Waals surface area contributed by atoms with Crippen molar-refractivity contribution in [2.75, 3.05) is 24.3 Å². The molecule has 0 unspecified atom stereocenters. The fraction of sp³-hybridized carbons (Fsp3) is 0.571. The average molecular weight is 281 g/mol. The Kier molecular flexibility index (Phi) is 7.33. The molecule has 0 aliphatic heterocycles. The number of nitrogen functional groups attached to an aromatic ring is 1. The monoisotopic (exact) mass is 281 g/mol. The molecule has 0 fully saturated rings. The highest BCUT2D eigenvalue weighted by atomic mass is 32.2. The van der Waals surface area contributed by atoms with Gasteiger partial charge in [0.25, 0.3) is 5.91 Å². The molecule has 0 saturated carbocycles. The molecule has 1 amide bonds. The summed E-state index contributed by atoms with van der Waals surface area (Å²) in [6, 6.07) is 3.43. The van der Waals surface area contributed by atoms with E-state index in [9.17, 15) is 4.79 Å². The molecule has 4 nitrogen and oxygen atoms in total. The summed E-state index contributed by atoms with van der Waals surface area (Å²) in [7, 11) is 0. The van der Waals surface area contributed by atoms with Crippen LogP contribution in [0.1, 0.15) is 42.2 Å². The number of aryl methyl sites for hydroxylation is 1. The molecule has 0 saturated heterocycles. The van der Waals surface area contributed by atoms with E-state index >= 15 is 0 Å². The van der Waals surface area contributed by atoms with Crippen molar-refractivity contribution in [2.45, 2.75) is 32.6 Å². The fourth-order valence-corrected chi connectivity index (χ4v) is 2.27. The summed E-state index contributed by atoms with van der Waals surface area (Å²) in [5, 5.41) is 2.93. The molecule has 1 heterocycles. The van der Waals surface area contributed by atoms with Gasteiger partial charge < -0.3 is 11.1 Å². The van der Waals surface area contributed by atoms with Crippen LogP contribution in [0.5, 0.6) is 0 Å². The minimum absolute atomic E-state index is 0.0614. The summed E-state index contributed by atoms with van der Waals surface area (Å²) in [6.07, 6.45) is 6.27. The zero-order valence-electron chi connectivity index (χ0n) is 11.7. The van der Waals surface area contributed by atoms with Crippen molar-refractivity contribution >= 4 is 23.5 Å². The number of carbonyl (C=O) groups excluding carboxylic acids is 1. The third-order valence-electron chi connectivity index (χ3n) is 2.83. The maximum atomic E-state index is 12.0. The van der Waals surface area contributed by atoms with E-state index in [0.717, 1.165) is 31.5 Å². The fourth-order valence-electron chi connectivity index (χ4n) is 1.78. The molecule has 3 N–H and O–H groups in total. The van der Waals surface area contributed by atoms with Crippen molar-refractivity contribution in [3.63, 3.8) is 0 Å². The predicted molar refractivity (Wildman–Crippen MR) is 82.6 cm³/mol. The van der Waals surface area contributed by atoms with Crippen LogP contribution in [0.4, 0.5) is 5.82 Å².